The molecule has 2 atom stereocenters. The number of hydrogen-bond donors (Lipinski definition) is 1. The normalized spacial score (nSPS) is 22.9. The molecule has 2 rings (SSSR count). The number of nitrogens with one attached hydrogen (secondary N) is 1. The smallest absolute Gasteiger partial charge is 0.256 e. The molecule has 0 radical (unpaired) electrons. The first-order valence-electron chi connectivity index (χ1n) is 9.17. The highest BCUT2D eigenvalue weighted by Gasteiger charge is 2.42. The molecule has 1 aliphatic rings. The summed E-state index contributed by atoms with van der Waals surface area (Å²) in [5, 5.41) is 12.2. The molecular weight excluding hydrogens is 316 g/mol. The van der Waals surface area contributed by atoms with Crippen LogP contribution in [0.15, 0.2) is 18.2 Å². The van der Waals surface area contributed by atoms with Crippen LogP contribution in [0.2, 0.25) is 0 Å². The molecule has 0 spiro atoms. The predicted octanol–water partition coefficient (Wildman–Crippen LogP) is 4.27. The molecule has 25 heavy (non-hydrogen) atoms. The second-order valence-electron chi connectivity index (χ2n) is 6.75. The van der Waals surface area contributed by atoms with Crippen LogP contribution in [0.25, 0.3) is 0 Å². The van der Waals surface area contributed by atoms with Gasteiger partial charge in [0, 0.05) is 12.3 Å². The third-order valence-corrected chi connectivity index (χ3v) is 4.61. The van der Waals surface area contributed by atoms with Gasteiger partial charge in [-0.15, -0.1) is 0 Å². The van der Waals surface area contributed by atoms with E-state index >= 15 is 0 Å². The van der Waals surface area contributed by atoms with E-state index in [1.54, 1.807) is 18.2 Å². The minimum absolute atomic E-state index is 0.111. The van der Waals surface area contributed by atoms with Crippen LogP contribution in [-0.4, -0.2) is 24.7 Å². The SMILES string of the molecule is CCCO[C@@]1(C(=O)Nc2ccc(OCC)c(C#N)c2)CCC[C@H](C)C1. The Bertz CT molecular complexity index is 638. The molecule has 5 heteroatoms. The van der Waals surface area contributed by atoms with Crippen LogP contribution in [-0.2, 0) is 9.53 Å². The van der Waals surface area contributed by atoms with Crippen molar-refractivity contribution in [3.8, 4) is 11.8 Å². The molecule has 0 aromatic heterocycles. The van der Waals surface area contributed by atoms with Gasteiger partial charge in [-0.05, 0) is 56.7 Å². The van der Waals surface area contributed by atoms with Crippen molar-refractivity contribution in [2.24, 2.45) is 5.92 Å². The van der Waals surface area contributed by atoms with Gasteiger partial charge in [-0.2, -0.15) is 5.26 Å². The molecule has 1 fully saturated rings. The van der Waals surface area contributed by atoms with E-state index in [1.165, 1.54) is 0 Å². The van der Waals surface area contributed by atoms with Crippen molar-refractivity contribution < 1.29 is 14.3 Å². The Kier molecular flexibility index (Phi) is 6.83. The minimum Gasteiger partial charge on any atom is -0.492 e. The minimum atomic E-state index is -0.765. The molecule has 0 saturated heterocycles. The van der Waals surface area contributed by atoms with Gasteiger partial charge in [-0.25, -0.2) is 0 Å². The van der Waals surface area contributed by atoms with E-state index in [1.807, 2.05) is 13.8 Å². The van der Waals surface area contributed by atoms with Crippen LogP contribution in [0.5, 0.6) is 5.75 Å². The molecule has 0 unspecified atom stereocenters. The number of ether oxygens (including phenoxy) is 2. The van der Waals surface area contributed by atoms with Crippen LogP contribution in [0.3, 0.4) is 0 Å². The lowest BCUT2D eigenvalue weighted by atomic mass is 9.78. The van der Waals surface area contributed by atoms with Crippen LogP contribution in [0, 0.1) is 17.2 Å². The second-order valence-corrected chi connectivity index (χ2v) is 6.75. The van der Waals surface area contributed by atoms with E-state index in [0.717, 1.165) is 32.1 Å². The van der Waals surface area contributed by atoms with Crippen LogP contribution in [0.4, 0.5) is 5.69 Å². The van der Waals surface area contributed by atoms with Gasteiger partial charge in [0.2, 0.25) is 0 Å². The first kappa shape index (κ1) is 19.3. The molecule has 0 heterocycles. The summed E-state index contributed by atoms with van der Waals surface area (Å²) >= 11 is 0. The third-order valence-electron chi connectivity index (χ3n) is 4.61. The zero-order chi connectivity index (χ0) is 18.3. The van der Waals surface area contributed by atoms with Crippen LogP contribution < -0.4 is 10.1 Å². The summed E-state index contributed by atoms with van der Waals surface area (Å²) in [5.41, 5.74) is 0.252. The number of amides is 1. The predicted molar refractivity (Wildman–Crippen MR) is 97.6 cm³/mol. The van der Waals surface area contributed by atoms with Crippen molar-refractivity contribution in [3.63, 3.8) is 0 Å². The fourth-order valence-corrected chi connectivity index (χ4v) is 3.42. The van der Waals surface area contributed by atoms with E-state index in [2.05, 4.69) is 18.3 Å². The molecule has 5 nitrogen and oxygen atoms in total. The molecule has 136 valence electrons. The number of carbonyl (C=O) groups is 1. The maximum atomic E-state index is 13.0. The van der Waals surface area contributed by atoms with E-state index in [9.17, 15) is 10.1 Å². The largest absolute Gasteiger partial charge is 0.492 e. The highest BCUT2D eigenvalue weighted by Crippen LogP contribution is 2.36. The first-order chi connectivity index (χ1) is 12.0. The van der Waals surface area contributed by atoms with Gasteiger partial charge in [0.15, 0.2) is 0 Å². The van der Waals surface area contributed by atoms with Gasteiger partial charge in [-0.1, -0.05) is 20.3 Å². The second kappa shape index (κ2) is 8.87. The number of rotatable bonds is 7. The van der Waals surface area contributed by atoms with Crippen molar-refractivity contribution in [1.82, 2.24) is 0 Å². The zero-order valence-electron chi connectivity index (χ0n) is 15.4. The van der Waals surface area contributed by atoms with E-state index in [4.69, 9.17) is 9.47 Å². The van der Waals surface area contributed by atoms with Gasteiger partial charge >= 0.3 is 0 Å². The Morgan fingerprint density at radius 2 is 2.24 bits per heavy atom. The van der Waals surface area contributed by atoms with Crippen molar-refractivity contribution in [2.75, 3.05) is 18.5 Å². The summed E-state index contributed by atoms with van der Waals surface area (Å²) in [5.74, 6) is 0.887. The molecular formula is C20H28N2O3. The summed E-state index contributed by atoms with van der Waals surface area (Å²) in [6.07, 6.45) is 4.48. The summed E-state index contributed by atoms with van der Waals surface area (Å²) in [6, 6.07) is 7.26. The van der Waals surface area contributed by atoms with Crippen molar-refractivity contribution in [3.05, 3.63) is 23.8 Å². The zero-order valence-corrected chi connectivity index (χ0v) is 15.4. The molecule has 0 aliphatic heterocycles. The number of hydrogen-bond acceptors (Lipinski definition) is 4. The Labute approximate surface area is 150 Å². The summed E-state index contributed by atoms with van der Waals surface area (Å²) in [6.45, 7) is 7.15. The lowest BCUT2D eigenvalue weighted by molar-refractivity contribution is -0.148. The molecule has 0 bridgehead atoms. The fourth-order valence-electron chi connectivity index (χ4n) is 3.42. The van der Waals surface area contributed by atoms with Gasteiger partial charge in [0.1, 0.15) is 17.4 Å². The average molecular weight is 344 g/mol. The molecule has 1 N–H and O–H groups in total. The lowest BCUT2D eigenvalue weighted by Crippen LogP contribution is -2.48. The third kappa shape index (κ3) is 4.73. The summed E-state index contributed by atoms with van der Waals surface area (Å²) in [4.78, 5) is 13.0. The maximum absolute atomic E-state index is 13.0. The highest BCUT2D eigenvalue weighted by atomic mass is 16.5. The molecule has 1 aromatic rings. The fraction of sp³-hybridized carbons (Fsp3) is 0.600. The Balaban J connectivity index is 2.19. The summed E-state index contributed by atoms with van der Waals surface area (Å²) < 4.78 is 11.5. The quantitative estimate of drug-likeness (QED) is 0.802. The Morgan fingerprint density at radius 1 is 1.44 bits per heavy atom. The van der Waals surface area contributed by atoms with Gasteiger partial charge < -0.3 is 14.8 Å². The van der Waals surface area contributed by atoms with Crippen LogP contribution in [0.1, 0.15) is 58.4 Å². The van der Waals surface area contributed by atoms with Gasteiger partial charge in [0.25, 0.3) is 5.91 Å². The number of nitriles is 1. The number of anilines is 1. The lowest BCUT2D eigenvalue weighted by Gasteiger charge is -2.38. The monoisotopic (exact) mass is 344 g/mol. The molecule has 1 amide bonds. The number of benzene rings is 1. The highest BCUT2D eigenvalue weighted by molar-refractivity contribution is 5.97. The average Bonchev–Trinajstić information content (AvgIpc) is 2.61. The van der Waals surface area contributed by atoms with E-state index in [-0.39, 0.29) is 5.91 Å². The molecule has 1 aliphatic carbocycles. The topological polar surface area (TPSA) is 71.3 Å². The van der Waals surface area contributed by atoms with Crippen LogP contribution >= 0.6 is 0 Å². The van der Waals surface area contributed by atoms with E-state index < -0.39 is 5.60 Å². The standard InChI is InChI=1S/C20H28N2O3/c1-4-11-25-20(10-6-7-15(3)13-20)19(23)22-17-8-9-18(24-5-2)16(12-17)14-21/h8-9,12,15H,4-7,10-11,13H2,1-3H3,(H,22,23)/t15-,20-/m0/s1. The number of carbonyl (C=O) groups excluding carboxylic acids is 1. The molecule has 1 saturated carbocycles. The van der Waals surface area contributed by atoms with E-state index in [0.29, 0.717) is 36.1 Å². The Hall–Kier alpha value is -2.06. The Morgan fingerprint density at radius 3 is 2.88 bits per heavy atom. The molecule has 1 aromatic carbocycles. The van der Waals surface area contributed by atoms with Gasteiger partial charge in [-0.3, -0.25) is 4.79 Å². The number of nitrogens with zero attached hydrogens (tertiary/aromatic N) is 1. The summed E-state index contributed by atoms with van der Waals surface area (Å²) in [7, 11) is 0. The van der Waals surface area contributed by atoms with Crippen molar-refractivity contribution in [2.45, 2.75) is 58.5 Å². The first-order valence-corrected chi connectivity index (χ1v) is 9.17. The van der Waals surface area contributed by atoms with Gasteiger partial charge in [0.05, 0.1) is 12.2 Å². The van der Waals surface area contributed by atoms with Crippen molar-refractivity contribution in [1.29, 1.82) is 5.26 Å². The maximum Gasteiger partial charge on any atom is 0.256 e. The van der Waals surface area contributed by atoms with Crippen molar-refractivity contribution >= 4 is 11.6 Å².